The van der Waals surface area contributed by atoms with Crippen molar-refractivity contribution in [3.05, 3.63) is 26.3 Å². The number of nitrogen functional groups attached to an aromatic ring is 1. The average molecular weight is 281 g/mol. The van der Waals surface area contributed by atoms with Crippen LogP contribution < -0.4 is 5.73 Å². The molecule has 0 aromatic heterocycles. The van der Waals surface area contributed by atoms with E-state index in [0.29, 0.717) is 22.6 Å². The first-order chi connectivity index (χ1) is 5.15. The summed E-state index contributed by atoms with van der Waals surface area (Å²) in [6.45, 7) is 0. The van der Waals surface area contributed by atoms with E-state index in [1.54, 1.807) is 12.1 Å². The van der Waals surface area contributed by atoms with Gasteiger partial charge in [0.25, 0.3) is 0 Å². The highest BCUT2D eigenvalue weighted by Crippen LogP contribution is 2.23. The van der Waals surface area contributed by atoms with E-state index in [4.69, 9.17) is 17.3 Å². The van der Waals surface area contributed by atoms with Gasteiger partial charge in [0, 0.05) is 14.8 Å². The first kappa shape index (κ1) is 8.80. The lowest BCUT2D eigenvalue weighted by Crippen LogP contribution is -1.93. The SMILES string of the molecule is Nc1cc(Cl)c(I)cc1C=O. The summed E-state index contributed by atoms with van der Waals surface area (Å²) in [5.74, 6) is 0. The number of nitrogens with two attached hydrogens (primary N) is 1. The Morgan fingerprint density at radius 3 is 2.73 bits per heavy atom. The van der Waals surface area contributed by atoms with Crippen molar-refractivity contribution in [2.45, 2.75) is 0 Å². The van der Waals surface area contributed by atoms with Gasteiger partial charge in [0.15, 0.2) is 6.29 Å². The average Bonchev–Trinajstić information content (AvgIpc) is 1.97. The topological polar surface area (TPSA) is 43.1 Å². The van der Waals surface area contributed by atoms with Crippen molar-refractivity contribution < 1.29 is 4.79 Å². The summed E-state index contributed by atoms with van der Waals surface area (Å²) < 4.78 is 0.834. The molecule has 0 aliphatic carbocycles. The Kier molecular flexibility index (Phi) is 2.72. The summed E-state index contributed by atoms with van der Waals surface area (Å²) in [5, 5.41) is 0.578. The van der Waals surface area contributed by atoms with Crippen LogP contribution in [0.1, 0.15) is 10.4 Å². The van der Waals surface area contributed by atoms with Gasteiger partial charge in [0.05, 0.1) is 5.02 Å². The fourth-order valence-corrected chi connectivity index (χ4v) is 1.34. The molecule has 0 atom stereocenters. The normalized spacial score (nSPS) is 9.64. The van der Waals surface area contributed by atoms with Crippen LogP contribution in [0.3, 0.4) is 0 Å². The molecule has 1 aromatic carbocycles. The van der Waals surface area contributed by atoms with E-state index in [1.165, 1.54) is 0 Å². The highest BCUT2D eigenvalue weighted by atomic mass is 127. The van der Waals surface area contributed by atoms with E-state index in [-0.39, 0.29) is 0 Å². The van der Waals surface area contributed by atoms with Gasteiger partial charge in [-0.1, -0.05) is 11.6 Å². The first-order valence-electron chi connectivity index (χ1n) is 2.85. The fraction of sp³-hybridized carbons (Fsp3) is 0. The van der Waals surface area contributed by atoms with Gasteiger partial charge >= 0.3 is 0 Å². The number of hydrogen-bond acceptors (Lipinski definition) is 2. The summed E-state index contributed by atoms with van der Waals surface area (Å²) >= 11 is 7.78. The standard InChI is InChI=1S/C7H5ClINO/c8-5-2-7(10)4(3-11)1-6(5)9/h1-3H,10H2. The summed E-state index contributed by atoms with van der Waals surface area (Å²) in [7, 11) is 0. The Morgan fingerprint density at radius 2 is 2.18 bits per heavy atom. The molecule has 2 nitrogen and oxygen atoms in total. The second kappa shape index (κ2) is 3.40. The molecule has 0 radical (unpaired) electrons. The second-order valence-electron chi connectivity index (χ2n) is 2.01. The van der Waals surface area contributed by atoms with E-state index >= 15 is 0 Å². The Bertz CT molecular complexity index is 301. The summed E-state index contributed by atoms with van der Waals surface area (Å²) in [5.41, 5.74) is 6.39. The van der Waals surface area contributed by atoms with Crippen LogP contribution in [-0.4, -0.2) is 6.29 Å². The molecule has 1 aromatic rings. The van der Waals surface area contributed by atoms with Gasteiger partial charge in [0.1, 0.15) is 0 Å². The summed E-state index contributed by atoms with van der Waals surface area (Å²) in [6.07, 6.45) is 0.716. The van der Waals surface area contributed by atoms with Gasteiger partial charge in [-0.05, 0) is 34.7 Å². The zero-order valence-electron chi connectivity index (χ0n) is 5.47. The molecule has 0 saturated carbocycles. The predicted octanol–water partition coefficient (Wildman–Crippen LogP) is 2.34. The molecule has 0 heterocycles. The van der Waals surface area contributed by atoms with Crippen LogP contribution in [0.2, 0.25) is 5.02 Å². The minimum atomic E-state index is 0.422. The van der Waals surface area contributed by atoms with Crippen LogP contribution in [0.25, 0.3) is 0 Å². The number of benzene rings is 1. The van der Waals surface area contributed by atoms with Gasteiger partial charge in [-0.15, -0.1) is 0 Å². The summed E-state index contributed by atoms with van der Waals surface area (Å²) in [6, 6.07) is 3.23. The van der Waals surface area contributed by atoms with Crippen LogP contribution in [0.15, 0.2) is 12.1 Å². The minimum absolute atomic E-state index is 0.422. The third-order valence-electron chi connectivity index (χ3n) is 1.25. The largest absolute Gasteiger partial charge is 0.398 e. The molecule has 0 spiro atoms. The Balaban J connectivity index is 3.31. The molecule has 11 heavy (non-hydrogen) atoms. The number of anilines is 1. The lowest BCUT2D eigenvalue weighted by Gasteiger charge is -2.00. The lowest BCUT2D eigenvalue weighted by molar-refractivity contribution is 0.112. The van der Waals surface area contributed by atoms with Crippen molar-refractivity contribution in [1.82, 2.24) is 0 Å². The maximum absolute atomic E-state index is 10.4. The molecule has 0 aliphatic rings. The molecule has 0 saturated heterocycles. The van der Waals surface area contributed by atoms with Crippen molar-refractivity contribution in [3.63, 3.8) is 0 Å². The van der Waals surface area contributed by atoms with Gasteiger partial charge in [-0.2, -0.15) is 0 Å². The monoisotopic (exact) mass is 281 g/mol. The Hall–Kier alpha value is -0.290. The van der Waals surface area contributed by atoms with Gasteiger partial charge < -0.3 is 5.73 Å². The third-order valence-corrected chi connectivity index (χ3v) is 2.78. The molecule has 0 aliphatic heterocycles. The molecule has 0 fully saturated rings. The Morgan fingerprint density at radius 1 is 1.55 bits per heavy atom. The molecular weight excluding hydrogens is 276 g/mol. The Labute approximate surface area is 82.9 Å². The van der Waals surface area contributed by atoms with E-state index in [9.17, 15) is 4.79 Å². The molecule has 0 bridgehead atoms. The van der Waals surface area contributed by atoms with Gasteiger partial charge in [-0.3, -0.25) is 4.79 Å². The number of halogens is 2. The van der Waals surface area contributed by atoms with Crippen LogP contribution in [0.5, 0.6) is 0 Å². The molecular formula is C7H5ClINO. The van der Waals surface area contributed by atoms with Crippen molar-refractivity contribution in [2.75, 3.05) is 5.73 Å². The van der Waals surface area contributed by atoms with Gasteiger partial charge in [-0.25, -0.2) is 0 Å². The van der Waals surface area contributed by atoms with Crippen molar-refractivity contribution in [1.29, 1.82) is 0 Å². The molecule has 1 rings (SSSR count). The van der Waals surface area contributed by atoms with Crippen LogP contribution in [0, 0.1) is 3.57 Å². The fourth-order valence-electron chi connectivity index (χ4n) is 0.680. The van der Waals surface area contributed by atoms with E-state index in [2.05, 4.69) is 0 Å². The maximum atomic E-state index is 10.4. The molecule has 4 heteroatoms. The molecule has 0 amide bonds. The quantitative estimate of drug-likeness (QED) is 0.488. The minimum Gasteiger partial charge on any atom is -0.398 e. The predicted molar refractivity (Wildman–Crippen MR) is 54.0 cm³/mol. The van der Waals surface area contributed by atoms with Crippen LogP contribution in [0.4, 0.5) is 5.69 Å². The van der Waals surface area contributed by atoms with Crippen molar-refractivity contribution in [3.8, 4) is 0 Å². The number of carbonyl (C=O) groups excluding carboxylic acids is 1. The summed E-state index contributed by atoms with van der Waals surface area (Å²) in [4.78, 5) is 10.4. The second-order valence-corrected chi connectivity index (χ2v) is 3.58. The van der Waals surface area contributed by atoms with E-state index in [1.807, 2.05) is 22.6 Å². The van der Waals surface area contributed by atoms with Gasteiger partial charge in [0.2, 0.25) is 0 Å². The van der Waals surface area contributed by atoms with Crippen LogP contribution >= 0.6 is 34.2 Å². The maximum Gasteiger partial charge on any atom is 0.152 e. The number of rotatable bonds is 1. The zero-order valence-corrected chi connectivity index (χ0v) is 8.39. The number of hydrogen-bond donors (Lipinski definition) is 1. The van der Waals surface area contributed by atoms with E-state index in [0.717, 1.165) is 3.57 Å². The highest BCUT2D eigenvalue weighted by Gasteiger charge is 2.02. The zero-order chi connectivity index (χ0) is 8.43. The smallest absolute Gasteiger partial charge is 0.152 e. The van der Waals surface area contributed by atoms with E-state index < -0.39 is 0 Å². The van der Waals surface area contributed by atoms with Crippen molar-refractivity contribution in [2.24, 2.45) is 0 Å². The highest BCUT2D eigenvalue weighted by molar-refractivity contribution is 14.1. The third kappa shape index (κ3) is 1.84. The lowest BCUT2D eigenvalue weighted by atomic mass is 10.2. The molecule has 0 unspecified atom stereocenters. The molecule has 58 valence electrons. The number of carbonyl (C=O) groups is 1. The number of aldehydes is 1. The molecule has 2 N–H and O–H groups in total. The van der Waals surface area contributed by atoms with Crippen molar-refractivity contribution >= 4 is 46.2 Å². The van der Waals surface area contributed by atoms with Crippen LogP contribution in [-0.2, 0) is 0 Å². The first-order valence-corrected chi connectivity index (χ1v) is 4.30.